The Hall–Kier alpha value is -1.57. The first-order valence-corrected chi connectivity index (χ1v) is 7.29. The second-order valence-electron chi connectivity index (χ2n) is 4.71. The summed E-state index contributed by atoms with van der Waals surface area (Å²) in [6, 6.07) is 0.508. The Morgan fingerprint density at radius 2 is 2.37 bits per heavy atom. The topological polar surface area (TPSA) is 80.1 Å². The quantitative estimate of drug-likeness (QED) is 0.764. The smallest absolute Gasteiger partial charge is 0.239 e. The lowest BCUT2D eigenvalue weighted by atomic mass is 10.3. The largest absolute Gasteiger partial charge is 0.353 e. The summed E-state index contributed by atoms with van der Waals surface area (Å²) in [5, 5.41) is 11.4. The molecule has 1 aromatic rings. The Balaban J connectivity index is 1.55. The minimum atomic E-state index is -0.0919. The van der Waals surface area contributed by atoms with Crippen molar-refractivity contribution in [2.45, 2.75) is 24.0 Å². The van der Waals surface area contributed by atoms with E-state index in [1.165, 1.54) is 11.8 Å². The predicted octanol–water partition coefficient (Wildman–Crippen LogP) is -0.336. The Labute approximate surface area is 114 Å². The molecule has 8 heteroatoms. The molecule has 2 heterocycles. The van der Waals surface area contributed by atoms with Gasteiger partial charge in [-0.1, -0.05) is 11.8 Å². The number of thioether (sulfide) groups is 1. The number of rotatable bonds is 4. The molecule has 19 heavy (non-hydrogen) atoms. The molecule has 1 aliphatic heterocycles. The van der Waals surface area contributed by atoms with E-state index in [-0.39, 0.29) is 18.4 Å². The third-order valence-corrected chi connectivity index (χ3v) is 4.14. The second kappa shape index (κ2) is 5.20. The molecule has 1 aromatic heterocycles. The van der Waals surface area contributed by atoms with Crippen molar-refractivity contribution in [3.8, 4) is 0 Å². The molecular formula is C11H15N5O2S. The average Bonchev–Trinajstić information content (AvgIpc) is 3.15. The Bertz CT molecular complexity index is 499. The molecule has 0 bridgehead atoms. The van der Waals surface area contributed by atoms with Gasteiger partial charge in [0.05, 0.1) is 12.3 Å². The molecule has 0 radical (unpaired) electrons. The number of hydrogen-bond donors (Lipinski definition) is 1. The summed E-state index contributed by atoms with van der Waals surface area (Å²) in [5.74, 6) is 0.189. The van der Waals surface area contributed by atoms with Crippen molar-refractivity contribution in [2.75, 3.05) is 25.4 Å². The van der Waals surface area contributed by atoms with E-state index in [9.17, 15) is 9.59 Å². The molecule has 1 saturated heterocycles. The molecule has 0 unspecified atom stereocenters. The zero-order valence-corrected chi connectivity index (χ0v) is 11.2. The van der Waals surface area contributed by atoms with Crippen LogP contribution in [0.1, 0.15) is 18.9 Å². The molecule has 0 spiro atoms. The summed E-state index contributed by atoms with van der Waals surface area (Å²) >= 11 is 1.39. The number of piperazine rings is 1. The SMILES string of the molecule is O=C1CN(C(=O)CSc2nncn2C2CC2)CCN1. The lowest BCUT2D eigenvalue weighted by Crippen LogP contribution is -2.50. The highest BCUT2D eigenvalue weighted by Crippen LogP contribution is 2.37. The maximum absolute atomic E-state index is 12.0. The lowest BCUT2D eigenvalue weighted by molar-refractivity contribution is -0.136. The van der Waals surface area contributed by atoms with Gasteiger partial charge in [0.1, 0.15) is 6.33 Å². The molecule has 1 aliphatic carbocycles. The fourth-order valence-electron chi connectivity index (χ4n) is 2.01. The van der Waals surface area contributed by atoms with Crippen LogP contribution in [0, 0.1) is 0 Å². The highest BCUT2D eigenvalue weighted by Gasteiger charge is 2.27. The minimum Gasteiger partial charge on any atom is -0.353 e. The van der Waals surface area contributed by atoms with Gasteiger partial charge in [0.25, 0.3) is 0 Å². The van der Waals surface area contributed by atoms with Gasteiger partial charge in [0, 0.05) is 19.1 Å². The third kappa shape index (κ3) is 2.89. The molecule has 1 N–H and O–H groups in total. The Kier molecular flexibility index (Phi) is 3.41. The van der Waals surface area contributed by atoms with Crippen LogP contribution in [0.15, 0.2) is 11.5 Å². The number of nitrogens with one attached hydrogen (secondary N) is 1. The highest BCUT2D eigenvalue weighted by molar-refractivity contribution is 7.99. The normalized spacial score (nSPS) is 19.4. The summed E-state index contributed by atoms with van der Waals surface area (Å²) in [7, 11) is 0. The van der Waals surface area contributed by atoms with Crippen molar-refractivity contribution in [1.82, 2.24) is 25.0 Å². The number of carbonyl (C=O) groups excluding carboxylic acids is 2. The predicted molar refractivity (Wildman–Crippen MR) is 68.6 cm³/mol. The van der Waals surface area contributed by atoms with E-state index in [4.69, 9.17) is 0 Å². The van der Waals surface area contributed by atoms with Gasteiger partial charge >= 0.3 is 0 Å². The molecule has 3 rings (SSSR count). The Morgan fingerprint density at radius 1 is 1.53 bits per heavy atom. The van der Waals surface area contributed by atoms with E-state index < -0.39 is 0 Å². The van der Waals surface area contributed by atoms with E-state index in [0.717, 1.165) is 18.0 Å². The minimum absolute atomic E-state index is 0.0230. The first-order valence-electron chi connectivity index (χ1n) is 6.31. The van der Waals surface area contributed by atoms with E-state index in [2.05, 4.69) is 15.5 Å². The number of hydrogen-bond acceptors (Lipinski definition) is 5. The standard InChI is InChI=1S/C11H15N5O2S/c17-9-5-15(4-3-12-9)10(18)6-19-11-14-13-7-16(11)8-1-2-8/h7-8H,1-6H2,(H,12,17). The van der Waals surface area contributed by atoms with Gasteiger partial charge in [-0.25, -0.2) is 0 Å². The third-order valence-electron chi connectivity index (χ3n) is 3.20. The summed E-state index contributed by atoms with van der Waals surface area (Å²) < 4.78 is 2.03. The van der Waals surface area contributed by atoms with Crippen LogP contribution in [0.4, 0.5) is 0 Å². The summed E-state index contributed by atoms with van der Waals surface area (Å²) in [4.78, 5) is 24.8. The molecular weight excluding hydrogens is 266 g/mol. The van der Waals surface area contributed by atoms with Gasteiger partial charge in [-0.05, 0) is 12.8 Å². The van der Waals surface area contributed by atoms with E-state index in [1.807, 2.05) is 4.57 Å². The second-order valence-corrected chi connectivity index (χ2v) is 5.65. The molecule has 0 aromatic carbocycles. The average molecular weight is 281 g/mol. The van der Waals surface area contributed by atoms with Crippen LogP contribution in [0.2, 0.25) is 0 Å². The first-order chi connectivity index (χ1) is 9.24. The van der Waals surface area contributed by atoms with E-state index >= 15 is 0 Å². The van der Waals surface area contributed by atoms with Crippen molar-refractivity contribution in [2.24, 2.45) is 0 Å². The van der Waals surface area contributed by atoms with Crippen LogP contribution in [-0.4, -0.2) is 56.9 Å². The lowest BCUT2D eigenvalue weighted by Gasteiger charge is -2.26. The molecule has 2 fully saturated rings. The van der Waals surface area contributed by atoms with E-state index in [0.29, 0.717) is 24.9 Å². The molecule has 2 aliphatic rings. The van der Waals surface area contributed by atoms with Crippen molar-refractivity contribution in [3.05, 3.63) is 6.33 Å². The van der Waals surface area contributed by atoms with E-state index in [1.54, 1.807) is 11.2 Å². The van der Waals surface area contributed by atoms with Crippen LogP contribution in [-0.2, 0) is 9.59 Å². The maximum Gasteiger partial charge on any atom is 0.239 e. The van der Waals surface area contributed by atoms with Gasteiger partial charge in [-0.2, -0.15) is 0 Å². The summed E-state index contributed by atoms with van der Waals surface area (Å²) in [6.07, 6.45) is 4.04. The van der Waals surface area contributed by atoms with Crippen molar-refractivity contribution >= 4 is 23.6 Å². The van der Waals surface area contributed by atoms with Gasteiger partial charge in [0.15, 0.2) is 5.16 Å². The maximum atomic E-state index is 12.0. The van der Waals surface area contributed by atoms with Crippen LogP contribution >= 0.6 is 11.8 Å². The Morgan fingerprint density at radius 3 is 3.11 bits per heavy atom. The highest BCUT2D eigenvalue weighted by atomic mass is 32.2. The van der Waals surface area contributed by atoms with Gasteiger partial charge in [-0.3, -0.25) is 9.59 Å². The van der Waals surface area contributed by atoms with Crippen LogP contribution in [0.25, 0.3) is 0 Å². The number of carbonyl (C=O) groups is 2. The summed E-state index contributed by atoms with van der Waals surface area (Å²) in [6.45, 7) is 1.28. The fraction of sp³-hybridized carbons (Fsp3) is 0.636. The van der Waals surface area contributed by atoms with Crippen LogP contribution < -0.4 is 5.32 Å². The first kappa shape index (κ1) is 12.5. The van der Waals surface area contributed by atoms with Crippen LogP contribution in [0.3, 0.4) is 0 Å². The monoisotopic (exact) mass is 281 g/mol. The summed E-state index contributed by atoms with van der Waals surface area (Å²) in [5.41, 5.74) is 0. The molecule has 7 nitrogen and oxygen atoms in total. The molecule has 0 atom stereocenters. The van der Waals surface area contributed by atoms with Crippen molar-refractivity contribution in [1.29, 1.82) is 0 Å². The zero-order chi connectivity index (χ0) is 13.2. The van der Waals surface area contributed by atoms with Crippen molar-refractivity contribution in [3.63, 3.8) is 0 Å². The number of nitrogens with zero attached hydrogens (tertiary/aromatic N) is 4. The molecule has 102 valence electrons. The number of aromatic nitrogens is 3. The van der Waals surface area contributed by atoms with Gasteiger partial charge in [-0.15, -0.1) is 10.2 Å². The van der Waals surface area contributed by atoms with Gasteiger partial charge < -0.3 is 14.8 Å². The van der Waals surface area contributed by atoms with Crippen LogP contribution in [0.5, 0.6) is 0 Å². The fourth-order valence-corrected chi connectivity index (χ4v) is 2.89. The van der Waals surface area contributed by atoms with Crippen molar-refractivity contribution < 1.29 is 9.59 Å². The molecule has 1 saturated carbocycles. The zero-order valence-electron chi connectivity index (χ0n) is 10.4. The van der Waals surface area contributed by atoms with Gasteiger partial charge in [0.2, 0.25) is 11.8 Å². The number of amides is 2. The molecule has 2 amide bonds.